The molecule has 3 fully saturated rings. The first-order valence-corrected chi connectivity index (χ1v) is 11.4. The Hall–Kier alpha value is -0.0400. The fourth-order valence-electron chi connectivity index (χ4n) is 6.21. The van der Waals surface area contributed by atoms with E-state index in [9.17, 15) is 5.11 Å². The largest absolute Gasteiger partial charge is 0.393 e. The van der Waals surface area contributed by atoms with Crippen molar-refractivity contribution < 1.29 is 5.11 Å². The molecule has 0 aromatic heterocycles. The standard InChI is InChI=1S/C23H42O/c1-2-3-18-4-6-19(7-5-18)8-9-20-10-12-21(13-11-20)22-14-16-23(24)17-15-22/h18-24H,2-17H2,1H3. The minimum atomic E-state index is 0.0185. The summed E-state index contributed by atoms with van der Waals surface area (Å²) in [6.45, 7) is 2.35. The van der Waals surface area contributed by atoms with Crippen LogP contribution >= 0.6 is 0 Å². The van der Waals surface area contributed by atoms with Gasteiger partial charge in [0.05, 0.1) is 6.10 Å². The van der Waals surface area contributed by atoms with E-state index in [1.807, 2.05) is 0 Å². The van der Waals surface area contributed by atoms with Crippen molar-refractivity contribution in [3.63, 3.8) is 0 Å². The van der Waals surface area contributed by atoms with E-state index in [2.05, 4.69) is 6.92 Å². The van der Waals surface area contributed by atoms with Crippen molar-refractivity contribution in [2.45, 2.75) is 116 Å². The Kier molecular flexibility index (Phi) is 7.50. The van der Waals surface area contributed by atoms with Gasteiger partial charge in [0.1, 0.15) is 0 Å². The Labute approximate surface area is 151 Å². The summed E-state index contributed by atoms with van der Waals surface area (Å²) in [5, 5.41) is 9.71. The molecule has 0 amide bonds. The summed E-state index contributed by atoms with van der Waals surface area (Å²) in [7, 11) is 0. The lowest BCUT2D eigenvalue weighted by Crippen LogP contribution is -2.27. The quantitative estimate of drug-likeness (QED) is 0.571. The van der Waals surface area contributed by atoms with Crippen molar-refractivity contribution in [3.8, 4) is 0 Å². The van der Waals surface area contributed by atoms with E-state index in [-0.39, 0.29) is 6.10 Å². The second-order valence-electron chi connectivity index (χ2n) is 9.60. The summed E-state index contributed by atoms with van der Waals surface area (Å²) in [6.07, 6.45) is 22.8. The maximum absolute atomic E-state index is 9.71. The Balaban J connectivity index is 1.29. The summed E-state index contributed by atoms with van der Waals surface area (Å²) < 4.78 is 0. The van der Waals surface area contributed by atoms with Crippen LogP contribution in [0.3, 0.4) is 0 Å². The average molecular weight is 335 g/mol. The van der Waals surface area contributed by atoms with Crippen LogP contribution in [0.2, 0.25) is 0 Å². The van der Waals surface area contributed by atoms with Crippen LogP contribution in [0.5, 0.6) is 0 Å². The molecular weight excluding hydrogens is 292 g/mol. The van der Waals surface area contributed by atoms with Gasteiger partial charge in [-0.2, -0.15) is 0 Å². The zero-order valence-corrected chi connectivity index (χ0v) is 16.2. The number of rotatable bonds is 6. The van der Waals surface area contributed by atoms with E-state index in [1.54, 1.807) is 0 Å². The molecule has 0 aliphatic heterocycles. The van der Waals surface area contributed by atoms with Crippen molar-refractivity contribution in [3.05, 3.63) is 0 Å². The van der Waals surface area contributed by atoms with E-state index in [4.69, 9.17) is 0 Å². The monoisotopic (exact) mass is 334 g/mol. The van der Waals surface area contributed by atoms with Crippen molar-refractivity contribution in [2.24, 2.45) is 29.6 Å². The van der Waals surface area contributed by atoms with Crippen LogP contribution in [0.4, 0.5) is 0 Å². The van der Waals surface area contributed by atoms with Crippen molar-refractivity contribution in [1.82, 2.24) is 0 Å². The maximum atomic E-state index is 9.71. The van der Waals surface area contributed by atoms with Crippen molar-refractivity contribution >= 4 is 0 Å². The molecule has 0 unspecified atom stereocenters. The molecule has 0 atom stereocenters. The smallest absolute Gasteiger partial charge is 0.0540 e. The molecule has 140 valence electrons. The third kappa shape index (κ3) is 5.48. The lowest BCUT2D eigenvalue weighted by Gasteiger charge is -2.37. The van der Waals surface area contributed by atoms with Gasteiger partial charge in [0.15, 0.2) is 0 Å². The molecule has 0 aromatic carbocycles. The van der Waals surface area contributed by atoms with Crippen molar-refractivity contribution in [1.29, 1.82) is 0 Å². The second-order valence-corrected chi connectivity index (χ2v) is 9.60. The van der Waals surface area contributed by atoms with E-state index >= 15 is 0 Å². The summed E-state index contributed by atoms with van der Waals surface area (Å²) in [6, 6.07) is 0. The van der Waals surface area contributed by atoms with Crippen LogP contribution in [-0.4, -0.2) is 11.2 Å². The van der Waals surface area contributed by atoms with Gasteiger partial charge in [0.25, 0.3) is 0 Å². The third-order valence-electron chi connectivity index (χ3n) is 7.95. The first kappa shape index (κ1) is 18.7. The second kappa shape index (κ2) is 9.60. The number of aliphatic hydroxyl groups excluding tert-OH is 1. The highest BCUT2D eigenvalue weighted by Gasteiger charge is 2.30. The predicted molar refractivity (Wildman–Crippen MR) is 103 cm³/mol. The van der Waals surface area contributed by atoms with Gasteiger partial charge < -0.3 is 5.11 Å². The van der Waals surface area contributed by atoms with Crippen LogP contribution in [0.1, 0.15) is 110 Å². The zero-order chi connectivity index (χ0) is 16.8. The first-order chi connectivity index (χ1) is 11.7. The van der Waals surface area contributed by atoms with Crippen molar-refractivity contribution in [2.75, 3.05) is 0 Å². The Bertz CT molecular complexity index is 328. The summed E-state index contributed by atoms with van der Waals surface area (Å²) in [4.78, 5) is 0. The lowest BCUT2D eigenvalue weighted by atomic mass is 9.69. The molecule has 24 heavy (non-hydrogen) atoms. The molecular formula is C23H42O. The molecule has 3 saturated carbocycles. The summed E-state index contributed by atoms with van der Waals surface area (Å²) in [5.74, 6) is 5.12. The number of hydrogen-bond acceptors (Lipinski definition) is 1. The third-order valence-corrected chi connectivity index (χ3v) is 7.95. The molecule has 1 heteroatoms. The highest BCUT2D eigenvalue weighted by molar-refractivity contribution is 4.82. The minimum absolute atomic E-state index is 0.0185. The maximum Gasteiger partial charge on any atom is 0.0540 e. The highest BCUT2D eigenvalue weighted by atomic mass is 16.3. The average Bonchev–Trinajstić information content (AvgIpc) is 2.63. The molecule has 0 spiro atoms. The normalized spacial score (nSPS) is 41.2. The van der Waals surface area contributed by atoms with Gasteiger partial charge in [-0.05, 0) is 68.1 Å². The zero-order valence-electron chi connectivity index (χ0n) is 16.2. The fraction of sp³-hybridized carbons (Fsp3) is 1.00. The molecule has 0 radical (unpaired) electrons. The Morgan fingerprint density at radius 2 is 0.917 bits per heavy atom. The van der Waals surface area contributed by atoms with Gasteiger partial charge in [-0.3, -0.25) is 0 Å². The Morgan fingerprint density at radius 3 is 1.38 bits per heavy atom. The van der Waals surface area contributed by atoms with E-state index < -0.39 is 0 Å². The lowest BCUT2D eigenvalue weighted by molar-refractivity contribution is 0.0757. The molecule has 0 aromatic rings. The fourth-order valence-corrected chi connectivity index (χ4v) is 6.21. The summed E-state index contributed by atoms with van der Waals surface area (Å²) >= 11 is 0. The van der Waals surface area contributed by atoms with Crippen LogP contribution in [-0.2, 0) is 0 Å². The molecule has 1 N–H and O–H groups in total. The molecule has 0 saturated heterocycles. The van der Waals surface area contributed by atoms with Gasteiger partial charge >= 0.3 is 0 Å². The van der Waals surface area contributed by atoms with Gasteiger partial charge in [-0.15, -0.1) is 0 Å². The van der Waals surface area contributed by atoms with Crippen LogP contribution in [0, 0.1) is 29.6 Å². The highest BCUT2D eigenvalue weighted by Crippen LogP contribution is 2.42. The molecule has 3 rings (SSSR count). The van der Waals surface area contributed by atoms with Gasteiger partial charge in [-0.25, -0.2) is 0 Å². The SMILES string of the molecule is CCCC1CCC(CCC2CCC(C3CCC(O)CC3)CC2)CC1. The van der Waals surface area contributed by atoms with Gasteiger partial charge in [0, 0.05) is 0 Å². The first-order valence-electron chi connectivity index (χ1n) is 11.4. The van der Waals surface area contributed by atoms with E-state index in [0.717, 1.165) is 42.4 Å². The predicted octanol–water partition coefficient (Wildman–Crippen LogP) is 6.73. The molecule has 0 bridgehead atoms. The molecule has 3 aliphatic rings. The van der Waals surface area contributed by atoms with E-state index in [1.165, 1.54) is 89.9 Å². The minimum Gasteiger partial charge on any atom is -0.393 e. The van der Waals surface area contributed by atoms with E-state index in [0.29, 0.717) is 0 Å². The summed E-state index contributed by atoms with van der Waals surface area (Å²) in [5.41, 5.74) is 0. The molecule has 0 heterocycles. The van der Waals surface area contributed by atoms with Gasteiger partial charge in [-0.1, -0.05) is 71.1 Å². The molecule has 3 aliphatic carbocycles. The van der Waals surface area contributed by atoms with Gasteiger partial charge in [0.2, 0.25) is 0 Å². The van der Waals surface area contributed by atoms with Crippen LogP contribution in [0.25, 0.3) is 0 Å². The Morgan fingerprint density at radius 1 is 0.542 bits per heavy atom. The number of aliphatic hydroxyl groups is 1. The topological polar surface area (TPSA) is 20.2 Å². The van der Waals surface area contributed by atoms with Crippen LogP contribution in [0.15, 0.2) is 0 Å². The van der Waals surface area contributed by atoms with Crippen LogP contribution < -0.4 is 0 Å². The number of hydrogen-bond donors (Lipinski definition) is 1. The molecule has 1 nitrogen and oxygen atoms in total.